The van der Waals surface area contributed by atoms with Crippen LogP contribution < -0.4 is 29.6 Å². The maximum Gasteiger partial charge on any atom is 1.00 e. The first-order valence-corrected chi connectivity index (χ1v) is 6.99. The third kappa shape index (κ3) is 31.6. The van der Waals surface area contributed by atoms with Crippen molar-refractivity contribution in [3.8, 4) is 0 Å². The minimum Gasteiger partial charge on any atom is -0.726 e. The molecule has 0 fully saturated rings. The van der Waals surface area contributed by atoms with Crippen molar-refractivity contribution in [2.24, 2.45) is 0 Å². The Balaban J connectivity index is -0.000000280. The summed E-state index contributed by atoms with van der Waals surface area (Å²) in [5.74, 6) is 0. The fourth-order valence-corrected chi connectivity index (χ4v) is 1.22. The average Bonchev–Trinajstić information content (AvgIpc) is 2.18. The molecule has 0 rings (SSSR count). The van der Waals surface area contributed by atoms with Crippen LogP contribution in [0.5, 0.6) is 0 Å². The summed E-state index contributed by atoms with van der Waals surface area (Å²) < 4.78 is 38.5. The summed E-state index contributed by atoms with van der Waals surface area (Å²) in [6, 6.07) is 0. The second-order valence-electron chi connectivity index (χ2n) is 3.07. The van der Waals surface area contributed by atoms with Crippen molar-refractivity contribution in [1.29, 1.82) is 0 Å². The van der Waals surface area contributed by atoms with Crippen molar-refractivity contribution in [2.75, 3.05) is 19.8 Å². The maximum absolute atomic E-state index is 9.89. The molecule has 0 heterocycles. The van der Waals surface area contributed by atoms with Gasteiger partial charge in [-0.1, -0.05) is 26.2 Å². The second-order valence-corrected chi connectivity index (χ2v) is 4.12. The van der Waals surface area contributed by atoms with Crippen molar-refractivity contribution in [3.05, 3.63) is 0 Å². The van der Waals surface area contributed by atoms with Crippen molar-refractivity contribution in [3.63, 3.8) is 0 Å². The molecule has 5 nitrogen and oxygen atoms in total. The molecule has 0 saturated heterocycles. The Kier molecular flexibility index (Phi) is 22.7. The maximum atomic E-state index is 9.89. The monoisotopic (exact) mass is 278 g/mol. The van der Waals surface area contributed by atoms with Gasteiger partial charge in [-0.3, -0.25) is 4.18 Å². The Morgan fingerprint density at radius 1 is 1.00 bits per heavy atom. The molecule has 100 valence electrons. The number of rotatable bonds is 8. The molecule has 0 aromatic rings. The summed E-state index contributed by atoms with van der Waals surface area (Å²) in [5, 5.41) is 0. The molecule has 0 saturated carbocycles. The van der Waals surface area contributed by atoms with E-state index >= 15 is 0 Å². The van der Waals surface area contributed by atoms with Crippen LogP contribution in [0.3, 0.4) is 0 Å². The molecule has 0 aromatic carbocycles. The van der Waals surface area contributed by atoms with Crippen molar-refractivity contribution < 1.29 is 51.4 Å². The molecule has 0 aliphatic carbocycles. The van der Waals surface area contributed by atoms with E-state index in [2.05, 4.69) is 4.18 Å². The average molecular weight is 278 g/mol. The molecular formula is C10H23NaO5S. The van der Waals surface area contributed by atoms with Gasteiger partial charge in [-0.25, -0.2) is 8.42 Å². The van der Waals surface area contributed by atoms with E-state index in [9.17, 15) is 13.0 Å². The van der Waals surface area contributed by atoms with Crippen LogP contribution in [0.4, 0.5) is 0 Å². The molecule has 0 spiro atoms. The van der Waals surface area contributed by atoms with Crippen LogP contribution in [0.1, 0.15) is 46.5 Å². The van der Waals surface area contributed by atoms with Gasteiger partial charge < -0.3 is 9.29 Å². The van der Waals surface area contributed by atoms with Crippen molar-refractivity contribution >= 4 is 10.4 Å². The van der Waals surface area contributed by atoms with Gasteiger partial charge in [-0.05, 0) is 20.3 Å². The number of ether oxygens (including phenoxy) is 1. The van der Waals surface area contributed by atoms with E-state index in [4.69, 9.17) is 4.74 Å². The van der Waals surface area contributed by atoms with Gasteiger partial charge in [-0.15, -0.1) is 0 Å². The summed E-state index contributed by atoms with van der Waals surface area (Å²) in [7, 11) is -4.46. The first-order valence-electron chi connectivity index (χ1n) is 5.65. The minimum absolute atomic E-state index is 0. The van der Waals surface area contributed by atoms with Gasteiger partial charge in [0.05, 0.1) is 6.61 Å². The fourth-order valence-electron chi connectivity index (χ4n) is 0.894. The third-order valence-corrected chi connectivity index (χ3v) is 2.09. The first kappa shape index (κ1) is 23.0. The van der Waals surface area contributed by atoms with Gasteiger partial charge >= 0.3 is 29.6 Å². The van der Waals surface area contributed by atoms with Gasteiger partial charge in [0.15, 0.2) is 0 Å². The van der Waals surface area contributed by atoms with Crippen LogP contribution >= 0.6 is 0 Å². The SMILES string of the molecule is CCCCCCOS(=O)(=O)[O-].CCOCC.[Na+]. The van der Waals surface area contributed by atoms with Gasteiger partial charge in [-0.2, -0.15) is 0 Å². The zero-order valence-electron chi connectivity index (χ0n) is 11.4. The van der Waals surface area contributed by atoms with Gasteiger partial charge in [0.2, 0.25) is 10.4 Å². The number of hydrogen-bond donors (Lipinski definition) is 0. The Bertz CT molecular complexity index is 217. The first-order chi connectivity index (χ1) is 7.47. The van der Waals surface area contributed by atoms with E-state index < -0.39 is 10.4 Å². The summed E-state index contributed by atoms with van der Waals surface area (Å²) >= 11 is 0. The van der Waals surface area contributed by atoms with E-state index in [1.54, 1.807) is 0 Å². The number of unbranched alkanes of at least 4 members (excludes halogenated alkanes) is 3. The predicted octanol–water partition coefficient (Wildman–Crippen LogP) is -0.910. The normalized spacial score (nSPS) is 10.1. The van der Waals surface area contributed by atoms with Crippen LogP contribution in [0.2, 0.25) is 0 Å². The van der Waals surface area contributed by atoms with E-state index in [0.717, 1.165) is 32.5 Å². The van der Waals surface area contributed by atoms with Crippen LogP contribution in [-0.4, -0.2) is 32.8 Å². The van der Waals surface area contributed by atoms with Crippen molar-refractivity contribution in [2.45, 2.75) is 46.5 Å². The topological polar surface area (TPSA) is 75.7 Å². The van der Waals surface area contributed by atoms with E-state index in [0.29, 0.717) is 6.42 Å². The van der Waals surface area contributed by atoms with E-state index in [-0.39, 0.29) is 36.2 Å². The molecule has 0 aliphatic heterocycles. The molecule has 0 aromatic heterocycles. The Morgan fingerprint density at radius 2 is 1.53 bits per heavy atom. The van der Waals surface area contributed by atoms with Gasteiger partial charge in [0, 0.05) is 13.2 Å². The minimum atomic E-state index is -4.46. The van der Waals surface area contributed by atoms with Crippen LogP contribution in [0.15, 0.2) is 0 Å². The fraction of sp³-hybridized carbons (Fsp3) is 1.00. The molecule has 0 unspecified atom stereocenters. The van der Waals surface area contributed by atoms with Gasteiger partial charge in [0.25, 0.3) is 0 Å². The molecule has 0 atom stereocenters. The predicted molar refractivity (Wildman–Crippen MR) is 62.0 cm³/mol. The third-order valence-electron chi connectivity index (χ3n) is 1.63. The Hall–Kier alpha value is 0.830. The smallest absolute Gasteiger partial charge is 0.726 e. The summed E-state index contributed by atoms with van der Waals surface area (Å²) in [6.07, 6.45) is 3.66. The van der Waals surface area contributed by atoms with Gasteiger partial charge in [0.1, 0.15) is 0 Å². The second kappa shape index (κ2) is 16.8. The zero-order chi connectivity index (χ0) is 12.9. The Morgan fingerprint density at radius 3 is 1.82 bits per heavy atom. The molecule has 0 aliphatic rings. The van der Waals surface area contributed by atoms with E-state index in [1.807, 2.05) is 20.8 Å². The molecule has 0 amide bonds. The van der Waals surface area contributed by atoms with Crippen molar-refractivity contribution in [1.82, 2.24) is 0 Å². The number of hydrogen-bond acceptors (Lipinski definition) is 5. The van der Waals surface area contributed by atoms with Crippen LogP contribution in [0.25, 0.3) is 0 Å². The summed E-state index contributed by atoms with van der Waals surface area (Å²) in [5.41, 5.74) is 0. The molecule has 0 N–H and O–H groups in total. The summed E-state index contributed by atoms with van der Waals surface area (Å²) in [4.78, 5) is 0. The molecule has 17 heavy (non-hydrogen) atoms. The molecular weight excluding hydrogens is 255 g/mol. The quantitative estimate of drug-likeness (QED) is 0.249. The largest absolute Gasteiger partial charge is 1.00 e. The van der Waals surface area contributed by atoms with Crippen LogP contribution in [0, 0.1) is 0 Å². The molecule has 0 radical (unpaired) electrons. The summed E-state index contributed by atoms with van der Waals surface area (Å²) in [6.45, 7) is 7.73. The Labute approximate surface area is 128 Å². The standard InChI is InChI=1S/C6H14O4S.C4H10O.Na/c1-2-3-4-5-6-10-11(7,8)9;1-3-5-4-2;/h2-6H2,1H3,(H,7,8,9);3-4H2,1-2H3;/q;;+1/p-1. The molecule has 7 heteroatoms. The van der Waals surface area contributed by atoms with Crippen LogP contribution in [-0.2, 0) is 19.3 Å². The molecule has 0 bridgehead atoms. The van der Waals surface area contributed by atoms with E-state index in [1.165, 1.54) is 0 Å². The zero-order valence-corrected chi connectivity index (χ0v) is 14.2.